The number of benzene rings is 2. The summed E-state index contributed by atoms with van der Waals surface area (Å²) in [4.78, 5) is 0. The minimum absolute atomic E-state index is 0.0402. The van der Waals surface area contributed by atoms with E-state index in [4.69, 9.17) is 5.73 Å². The number of rotatable bonds is 4. The number of nitrogens with zero attached hydrogens (tertiary/aromatic N) is 1. The summed E-state index contributed by atoms with van der Waals surface area (Å²) >= 11 is 0. The molecule has 0 saturated heterocycles. The fraction of sp³-hybridized carbons (Fsp3) is 0.333. The Balaban J connectivity index is 1.93. The van der Waals surface area contributed by atoms with Crippen molar-refractivity contribution in [3.63, 3.8) is 0 Å². The van der Waals surface area contributed by atoms with Crippen LogP contribution >= 0.6 is 0 Å². The van der Waals surface area contributed by atoms with E-state index in [0.717, 1.165) is 12.8 Å². The molecular formula is C18H20N2O. The highest BCUT2D eigenvalue weighted by atomic mass is 16.3. The maximum absolute atomic E-state index is 9.80. The molecule has 0 amide bonds. The molecule has 4 rings (SSSR count). The van der Waals surface area contributed by atoms with E-state index >= 15 is 0 Å². The molecule has 3 heteroatoms. The molecule has 1 aromatic heterocycles. The van der Waals surface area contributed by atoms with Crippen LogP contribution < -0.4 is 5.73 Å². The summed E-state index contributed by atoms with van der Waals surface area (Å²) in [6.07, 6.45) is 2.27. The van der Waals surface area contributed by atoms with Gasteiger partial charge in [-0.15, -0.1) is 0 Å². The molecule has 1 atom stereocenters. The standard InChI is InChI=1S/C18H20N2O/c19-18(12-21,13-9-10-13)11-20-16-7-3-1-5-14(16)15-6-2-4-8-17(15)20/h1-8,13,21H,9-12,19H2. The van der Waals surface area contributed by atoms with Gasteiger partial charge in [-0.05, 0) is 30.9 Å². The molecule has 3 nitrogen and oxygen atoms in total. The van der Waals surface area contributed by atoms with Gasteiger partial charge in [-0.1, -0.05) is 36.4 Å². The molecule has 2 aromatic carbocycles. The minimum atomic E-state index is -0.509. The van der Waals surface area contributed by atoms with E-state index in [9.17, 15) is 5.11 Å². The Bertz CT molecular complexity index is 750. The molecule has 0 spiro atoms. The van der Waals surface area contributed by atoms with Gasteiger partial charge < -0.3 is 15.4 Å². The average Bonchev–Trinajstić information content (AvgIpc) is 3.34. The number of fused-ring (bicyclic) bond motifs is 3. The SMILES string of the molecule is NC(CO)(Cn1c2ccccc2c2ccccc21)C1CC1. The highest BCUT2D eigenvalue weighted by molar-refractivity contribution is 6.07. The summed E-state index contributed by atoms with van der Waals surface area (Å²) in [5.41, 5.74) is 8.39. The summed E-state index contributed by atoms with van der Waals surface area (Å²) in [5.74, 6) is 0.447. The van der Waals surface area contributed by atoms with Crippen molar-refractivity contribution in [2.75, 3.05) is 6.61 Å². The van der Waals surface area contributed by atoms with E-state index in [2.05, 4.69) is 53.1 Å². The zero-order chi connectivity index (χ0) is 14.4. The summed E-state index contributed by atoms with van der Waals surface area (Å²) in [5, 5.41) is 12.3. The quantitative estimate of drug-likeness (QED) is 0.772. The van der Waals surface area contributed by atoms with E-state index in [1.54, 1.807) is 0 Å². The Morgan fingerprint density at radius 3 is 2.00 bits per heavy atom. The normalized spacial score (nSPS) is 18.2. The van der Waals surface area contributed by atoms with E-state index in [-0.39, 0.29) is 6.61 Å². The van der Waals surface area contributed by atoms with Crippen LogP contribution in [0.5, 0.6) is 0 Å². The topological polar surface area (TPSA) is 51.2 Å². The Kier molecular flexibility index (Phi) is 2.81. The van der Waals surface area contributed by atoms with Gasteiger partial charge in [0.15, 0.2) is 0 Å². The lowest BCUT2D eigenvalue weighted by molar-refractivity contribution is 0.161. The van der Waals surface area contributed by atoms with Crippen molar-refractivity contribution in [3.8, 4) is 0 Å². The van der Waals surface area contributed by atoms with Gasteiger partial charge >= 0.3 is 0 Å². The number of para-hydroxylation sites is 2. The minimum Gasteiger partial charge on any atom is -0.394 e. The Labute approximate surface area is 124 Å². The Morgan fingerprint density at radius 1 is 1.00 bits per heavy atom. The van der Waals surface area contributed by atoms with Gasteiger partial charge in [0.05, 0.1) is 12.1 Å². The monoisotopic (exact) mass is 280 g/mol. The van der Waals surface area contributed by atoms with Crippen molar-refractivity contribution in [1.82, 2.24) is 4.57 Å². The summed E-state index contributed by atoms with van der Waals surface area (Å²) in [6.45, 7) is 0.709. The molecule has 3 N–H and O–H groups in total. The third-order valence-electron chi connectivity index (χ3n) is 4.82. The summed E-state index contributed by atoms with van der Waals surface area (Å²) < 4.78 is 2.28. The summed E-state index contributed by atoms with van der Waals surface area (Å²) in [6, 6.07) is 16.9. The lowest BCUT2D eigenvalue weighted by atomic mass is 9.95. The number of aromatic nitrogens is 1. The van der Waals surface area contributed by atoms with Crippen LogP contribution in [0.1, 0.15) is 12.8 Å². The second-order valence-electron chi connectivity index (χ2n) is 6.29. The van der Waals surface area contributed by atoms with Crippen LogP contribution in [0.2, 0.25) is 0 Å². The smallest absolute Gasteiger partial charge is 0.0631 e. The number of hydrogen-bond donors (Lipinski definition) is 2. The fourth-order valence-electron chi connectivity index (χ4n) is 3.43. The zero-order valence-electron chi connectivity index (χ0n) is 12.0. The molecule has 1 aliphatic rings. The van der Waals surface area contributed by atoms with E-state index < -0.39 is 5.54 Å². The molecule has 1 aliphatic carbocycles. The average molecular weight is 280 g/mol. The first-order chi connectivity index (χ1) is 10.2. The zero-order valence-corrected chi connectivity index (χ0v) is 12.0. The maximum atomic E-state index is 9.80. The van der Waals surface area contributed by atoms with Crippen LogP contribution in [0.4, 0.5) is 0 Å². The Hall–Kier alpha value is -1.84. The molecule has 1 fully saturated rings. The molecule has 1 saturated carbocycles. The van der Waals surface area contributed by atoms with Gasteiger partial charge in [0.2, 0.25) is 0 Å². The number of aliphatic hydroxyl groups excluding tert-OH is 1. The Morgan fingerprint density at radius 2 is 1.52 bits per heavy atom. The van der Waals surface area contributed by atoms with Crippen molar-refractivity contribution in [2.45, 2.75) is 24.9 Å². The molecule has 1 unspecified atom stereocenters. The fourth-order valence-corrected chi connectivity index (χ4v) is 3.43. The van der Waals surface area contributed by atoms with Crippen molar-refractivity contribution in [2.24, 2.45) is 11.7 Å². The molecule has 0 radical (unpaired) electrons. The third kappa shape index (κ3) is 1.96. The van der Waals surface area contributed by atoms with Gasteiger partial charge in [-0.3, -0.25) is 0 Å². The predicted octanol–water partition coefficient (Wildman–Crippen LogP) is 2.89. The van der Waals surface area contributed by atoms with Crippen LogP contribution in [0.15, 0.2) is 48.5 Å². The first kappa shape index (κ1) is 12.9. The lowest BCUT2D eigenvalue weighted by Crippen LogP contribution is -2.49. The maximum Gasteiger partial charge on any atom is 0.0631 e. The molecule has 0 bridgehead atoms. The molecule has 0 aliphatic heterocycles. The van der Waals surface area contributed by atoms with E-state index in [0.29, 0.717) is 12.5 Å². The first-order valence-electron chi connectivity index (χ1n) is 7.59. The van der Waals surface area contributed by atoms with Crippen molar-refractivity contribution in [3.05, 3.63) is 48.5 Å². The molecule has 108 valence electrons. The number of hydrogen-bond acceptors (Lipinski definition) is 2. The van der Waals surface area contributed by atoms with E-state index in [1.165, 1.54) is 21.8 Å². The lowest BCUT2D eigenvalue weighted by Gasteiger charge is -2.28. The highest BCUT2D eigenvalue weighted by Crippen LogP contribution is 2.40. The van der Waals surface area contributed by atoms with E-state index in [1.807, 2.05) is 0 Å². The second kappa shape index (κ2) is 4.58. The van der Waals surface area contributed by atoms with Gasteiger partial charge in [-0.25, -0.2) is 0 Å². The molecule has 3 aromatic rings. The third-order valence-corrected chi connectivity index (χ3v) is 4.82. The predicted molar refractivity (Wildman–Crippen MR) is 86.2 cm³/mol. The van der Waals surface area contributed by atoms with Crippen LogP contribution in [-0.4, -0.2) is 21.8 Å². The van der Waals surface area contributed by atoms with Gasteiger partial charge in [0.1, 0.15) is 0 Å². The molecule has 21 heavy (non-hydrogen) atoms. The summed E-state index contributed by atoms with van der Waals surface area (Å²) in [7, 11) is 0. The van der Waals surface area contributed by atoms with Crippen molar-refractivity contribution < 1.29 is 5.11 Å². The largest absolute Gasteiger partial charge is 0.394 e. The van der Waals surface area contributed by atoms with Crippen molar-refractivity contribution >= 4 is 21.8 Å². The van der Waals surface area contributed by atoms with Gasteiger partial charge in [0, 0.05) is 28.4 Å². The number of nitrogens with two attached hydrogens (primary N) is 1. The van der Waals surface area contributed by atoms with Crippen LogP contribution in [0, 0.1) is 5.92 Å². The van der Waals surface area contributed by atoms with Gasteiger partial charge in [0.25, 0.3) is 0 Å². The molecule has 1 heterocycles. The van der Waals surface area contributed by atoms with Crippen LogP contribution in [0.25, 0.3) is 21.8 Å². The highest BCUT2D eigenvalue weighted by Gasteiger charge is 2.42. The van der Waals surface area contributed by atoms with Crippen molar-refractivity contribution in [1.29, 1.82) is 0 Å². The second-order valence-corrected chi connectivity index (χ2v) is 6.29. The van der Waals surface area contributed by atoms with Crippen LogP contribution in [-0.2, 0) is 6.54 Å². The molecular weight excluding hydrogens is 260 g/mol. The number of aliphatic hydroxyl groups is 1. The van der Waals surface area contributed by atoms with Crippen LogP contribution in [0.3, 0.4) is 0 Å². The van der Waals surface area contributed by atoms with Gasteiger partial charge in [-0.2, -0.15) is 0 Å². The first-order valence-corrected chi connectivity index (χ1v) is 7.59.